The second kappa shape index (κ2) is 6.11. The van der Waals surface area contributed by atoms with Crippen LogP contribution in [0.5, 0.6) is 0 Å². The van der Waals surface area contributed by atoms with Gasteiger partial charge in [0.25, 0.3) is 0 Å². The first-order chi connectivity index (χ1) is 8.77. The highest BCUT2D eigenvalue weighted by atomic mass is 35.5. The largest absolute Gasteiger partial charge is 0.396 e. The Labute approximate surface area is 111 Å². The highest BCUT2D eigenvalue weighted by Gasteiger charge is 2.26. The van der Waals surface area contributed by atoms with Crippen LogP contribution in [-0.4, -0.2) is 40.6 Å². The fraction of sp³-hybridized carbons (Fsp3) is 0.583. The summed E-state index contributed by atoms with van der Waals surface area (Å²) >= 11 is 5.92. The molecule has 0 aliphatic carbocycles. The van der Waals surface area contributed by atoms with Gasteiger partial charge in [0, 0.05) is 19.2 Å². The molecule has 0 aromatic carbocycles. The minimum atomic E-state index is 0.135. The molecule has 0 radical (unpaired) electrons. The standard InChI is InChI=1S/C12H16ClN3O2/c13-11-10(7-18)12(15-8-14-11)16-5-2-1-3-9(16)4-6-17/h7-9,17H,1-6H2. The number of aliphatic hydroxyl groups excluding tert-OH is 1. The number of carbonyl (C=O) groups is 1. The molecule has 2 heterocycles. The van der Waals surface area contributed by atoms with E-state index in [1.807, 2.05) is 0 Å². The summed E-state index contributed by atoms with van der Waals surface area (Å²) in [5, 5.41) is 9.29. The van der Waals surface area contributed by atoms with Crippen LogP contribution in [0.25, 0.3) is 0 Å². The summed E-state index contributed by atoms with van der Waals surface area (Å²) in [5.41, 5.74) is 0.337. The van der Waals surface area contributed by atoms with Crippen molar-refractivity contribution in [2.75, 3.05) is 18.1 Å². The number of carbonyl (C=O) groups excluding carboxylic acids is 1. The van der Waals surface area contributed by atoms with Gasteiger partial charge in [0.05, 0.1) is 5.56 Å². The van der Waals surface area contributed by atoms with Crippen molar-refractivity contribution >= 4 is 23.7 Å². The van der Waals surface area contributed by atoms with Gasteiger partial charge in [-0.1, -0.05) is 11.6 Å². The molecule has 1 atom stereocenters. The zero-order valence-corrected chi connectivity index (χ0v) is 10.8. The molecule has 0 saturated carbocycles. The Morgan fingerprint density at radius 3 is 3.06 bits per heavy atom. The zero-order valence-electron chi connectivity index (χ0n) is 10.0. The van der Waals surface area contributed by atoms with Gasteiger partial charge < -0.3 is 10.0 Å². The molecule has 18 heavy (non-hydrogen) atoms. The number of aldehydes is 1. The van der Waals surface area contributed by atoms with Crippen molar-refractivity contribution in [2.45, 2.75) is 31.7 Å². The molecule has 5 nitrogen and oxygen atoms in total. The molecule has 2 rings (SSSR count). The Bertz CT molecular complexity index is 426. The van der Waals surface area contributed by atoms with Crippen molar-refractivity contribution in [3.63, 3.8) is 0 Å². The van der Waals surface area contributed by atoms with Crippen molar-refractivity contribution < 1.29 is 9.90 Å². The van der Waals surface area contributed by atoms with Crippen molar-refractivity contribution in [2.24, 2.45) is 0 Å². The third-order valence-corrected chi connectivity index (χ3v) is 3.59. The summed E-state index contributed by atoms with van der Waals surface area (Å²) in [4.78, 5) is 21.2. The van der Waals surface area contributed by atoms with Gasteiger partial charge in [-0.25, -0.2) is 9.97 Å². The minimum absolute atomic E-state index is 0.135. The molecule has 0 amide bonds. The maximum Gasteiger partial charge on any atom is 0.156 e. The maximum atomic E-state index is 11.1. The summed E-state index contributed by atoms with van der Waals surface area (Å²) < 4.78 is 0. The quantitative estimate of drug-likeness (QED) is 0.665. The predicted octanol–water partition coefficient (Wildman–Crippen LogP) is 1.68. The molecule has 1 saturated heterocycles. The Morgan fingerprint density at radius 2 is 2.33 bits per heavy atom. The normalized spacial score (nSPS) is 19.9. The van der Waals surface area contributed by atoms with Crippen LogP contribution in [-0.2, 0) is 0 Å². The third-order valence-electron chi connectivity index (χ3n) is 3.29. The van der Waals surface area contributed by atoms with Gasteiger partial charge in [-0.2, -0.15) is 0 Å². The molecular formula is C12H16ClN3O2. The lowest BCUT2D eigenvalue weighted by atomic mass is 9.99. The zero-order chi connectivity index (χ0) is 13.0. The van der Waals surface area contributed by atoms with E-state index in [1.54, 1.807) is 0 Å². The molecule has 1 aliphatic heterocycles. The van der Waals surface area contributed by atoms with E-state index in [4.69, 9.17) is 16.7 Å². The lowest BCUT2D eigenvalue weighted by Gasteiger charge is -2.37. The van der Waals surface area contributed by atoms with Gasteiger partial charge in [0.15, 0.2) is 6.29 Å². The summed E-state index contributed by atoms with van der Waals surface area (Å²) in [7, 11) is 0. The number of anilines is 1. The van der Waals surface area contributed by atoms with Crippen LogP contribution in [0.3, 0.4) is 0 Å². The van der Waals surface area contributed by atoms with Gasteiger partial charge >= 0.3 is 0 Å². The molecule has 1 aromatic heterocycles. The van der Waals surface area contributed by atoms with Crippen molar-refractivity contribution in [3.05, 3.63) is 17.0 Å². The molecule has 0 spiro atoms. The first-order valence-electron chi connectivity index (χ1n) is 6.11. The molecule has 1 aliphatic rings. The smallest absolute Gasteiger partial charge is 0.156 e. The van der Waals surface area contributed by atoms with E-state index in [1.165, 1.54) is 6.33 Å². The van der Waals surface area contributed by atoms with Crippen LogP contribution in [0.4, 0.5) is 5.82 Å². The second-order valence-corrected chi connectivity index (χ2v) is 4.73. The SMILES string of the molecule is O=Cc1c(Cl)ncnc1N1CCCCC1CCO. The van der Waals surface area contributed by atoms with Crippen LogP contribution in [0.1, 0.15) is 36.0 Å². The highest BCUT2D eigenvalue weighted by molar-refractivity contribution is 6.32. The maximum absolute atomic E-state index is 11.1. The van der Waals surface area contributed by atoms with Crippen molar-refractivity contribution in [1.82, 2.24) is 9.97 Å². The number of aliphatic hydroxyl groups is 1. The summed E-state index contributed by atoms with van der Waals surface area (Å²) in [5.74, 6) is 0.586. The average Bonchev–Trinajstić information content (AvgIpc) is 2.39. The Hall–Kier alpha value is -1.20. The van der Waals surface area contributed by atoms with Crippen LogP contribution in [0.2, 0.25) is 5.15 Å². The number of hydrogen-bond donors (Lipinski definition) is 1. The molecular weight excluding hydrogens is 254 g/mol. The van der Waals surface area contributed by atoms with Crippen LogP contribution in [0.15, 0.2) is 6.33 Å². The highest BCUT2D eigenvalue weighted by Crippen LogP contribution is 2.29. The minimum Gasteiger partial charge on any atom is -0.396 e. The lowest BCUT2D eigenvalue weighted by Crippen LogP contribution is -2.41. The molecule has 1 unspecified atom stereocenters. The molecule has 1 N–H and O–H groups in total. The Morgan fingerprint density at radius 1 is 1.50 bits per heavy atom. The van der Waals surface area contributed by atoms with E-state index in [2.05, 4.69) is 14.9 Å². The monoisotopic (exact) mass is 269 g/mol. The van der Waals surface area contributed by atoms with Gasteiger partial charge in [0.2, 0.25) is 0 Å². The summed E-state index contributed by atoms with van der Waals surface area (Å²) in [6.45, 7) is 0.968. The van der Waals surface area contributed by atoms with E-state index < -0.39 is 0 Å². The van der Waals surface area contributed by atoms with Crippen molar-refractivity contribution in [1.29, 1.82) is 0 Å². The lowest BCUT2D eigenvalue weighted by molar-refractivity contribution is 0.112. The van der Waals surface area contributed by atoms with Crippen LogP contribution in [0, 0.1) is 0 Å². The van der Waals surface area contributed by atoms with Gasteiger partial charge in [-0.05, 0) is 25.7 Å². The van der Waals surface area contributed by atoms with E-state index >= 15 is 0 Å². The fourth-order valence-electron chi connectivity index (χ4n) is 2.42. The number of hydrogen-bond acceptors (Lipinski definition) is 5. The average molecular weight is 270 g/mol. The number of rotatable bonds is 4. The number of halogens is 1. The van der Waals surface area contributed by atoms with E-state index in [-0.39, 0.29) is 17.8 Å². The van der Waals surface area contributed by atoms with Crippen LogP contribution >= 0.6 is 11.6 Å². The summed E-state index contributed by atoms with van der Waals surface area (Å²) in [6.07, 6.45) is 5.94. The van der Waals surface area contributed by atoms with E-state index in [9.17, 15) is 4.79 Å². The van der Waals surface area contributed by atoms with Gasteiger partial charge in [0.1, 0.15) is 17.3 Å². The number of nitrogens with zero attached hydrogens (tertiary/aromatic N) is 3. The van der Waals surface area contributed by atoms with Crippen LogP contribution < -0.4 is 4.90 Å². The predicted molar refractivity (Wildman–Crippen MR) is 69.1 cm³/mol. The molecule has 0 bridgehead atoms. The molecule has 98 valence electrons. The number of piperidine rings is 1. The fourth-order valence-corrected chi connectivity index (χ4v) is 2.60. The number of aromatic nitrogens is 2. The third kappa shape index (κ3) is 2.62. The molecule has 1 fully saturated rings. The summed E-state index contributed by atoms with van der Waals surface area (Å²) in [6, 6.07) is 0.216. The van der Waals surface area contributed by atoms with E-state index in [0.717, 1.165) is 25.8 Å². The second-order valence-electron chi connectivity index (χ2n) is 4.37. The van der Waals surface area contributed by atoms with E-state index in [0.29, 0.717) is 24.1 Å². The Kier molecular flexibility index (Phi) is 4.49. The molecule has 1 aromatic rings. The first-order valence-corrected chi connectivity index (χ1v) is 6.49. The van der Waals surface area contributed by atoms with Gasteiger partial charge in [-0.15, -0.1) is 0 Å². The topological polar surface area (TPSA) is 66.3 Å². The van der Waals surface area contributed by atoms with Crippen molar-refractivity contribution in [3.8, 4) is 0 Å². The van der Waals surface area contributed by atoms with Gasteiger partial charge in [-0.3, -0.25) is 4.79 Å². The molecule has 6 heteroatoms. The first kappa shape index (κ1) is 13.2. The Balaban J connectivity index is 2.33.